The maximum absolute atomic E-state index is 14.5. The Morgan fingerprint density at radius 3 is 2.75 bits per heavy atom. The Morgan fingerprint density at radius 2 is 2.20 bits per heavy atom. The Morgan fingerprint density at radius 1 is 1.45 bits per heavy atom. The van der Waals surface area contributed by atoms with Crippen LogP contribution in [-0.2, 0) is 16.3 Å². The summed E-state index contributed by atoms with van der Waals surface area (Å²) in [6, 6.07) is 3.16. The average Bonchev–Trinajstić information content (AvgIpc) is 2.40. The Kier molecular flexibility index (Phi) is 4.65. The minimum Gasteiger partial charge on any atom is -0.495 e. The number of sulfone groups is 1. The van der Waals surface area contributed by atoms with Crippen LogP contribution < -0.4 is 10.1 Å². The van der Waals surface area contributed by atoms with Gasteiger partial charge >= 0.3 is 0 Å². The lowest BCUT2D eigenvalue weighted by Crippen LogP contribution is -2.31. The number of hydrogen-bond acceptors (Lipinski definition) is 4. The second-order valence-electron chi connectivity index (χ2n) is 5.26. The molecular weight excluding hydrogens is 281 g/mol. The molecule has 0 saturated carbocycles. The van der Waals surface area contributed by atoms with Gasteiger partial charge in [0.1, 0.15) is 16.5 Å². The maximum atomic E-state index is 14.5. The molecule has 4 nitrogen and oxygen atoms in total. The van der Waals surface area contributed by atoms with Gasteiger partial charge in [0, 0.05) is 6.26 Å². The molecule has 1 atom stereocenters. The van der Waals surface area contributed by atoms with Crippen molar-refractivity contribution in [2.24, 2.45) is 5.92 Å². The topological polar surface area (TPSA) is 55.4 Å². The first-order chi connectivity index (χ1) is 9.43. The molecule has 0 radical (unpaired) electrons. The van der Waals surface area contributed by atoms with Crippen molar-refractivity contribution in [3.63, 3.8) is 0 Å². The van der Waals surface area contributed by atoms with Crippen molar-refractivity contribution in [1.29, 1.82) is 0 Å². The quantitative estimate of drug-likeness (QED) is 0.921. The fourth-order valence-corrected chi connectivity index (χ4v) is 3.63. The van der Waals surface area contributed by atoms with E-state index in [0.717, 1.165) is 32.2 Å². The molecule has 0 aliphatic carbocycles. The molecule has 2 rings (SSSR count). The third-order valence-electron chi connectivity index (χ3n) is 3.64. The molecule has 1 fully saturated rings. The zero-order chi connectivity index (χ0) is 14.8. The van der Waals surface area contributed by atoms with E-state index in [0.29, 0.717) is 17.9 Å². The highest BCUT2D eigenvalue weighted by Crippen LogP contribution is 2.30. The van der Waals surface area contributed by atoms with Crippen molar-refractivity contribution in [2.75, 3.05) is 26.5 Å². The van der Waals surface area contributed by atoms with Crippen LogP contribution in [0.3, 0.4) is 0 Å². The molecule has 1 saturated heterocycles. The smallest absolute Gasteiger partial charge is 0.182 e. The molecule has 112 valence electrons. The van der Waals surface area contributed by atoms with Crippen molar-refractivity contribution in [3.8, 4) is 5.75 Å². The predicted molar refractivity (Wildman–Crippen MR) is 75.4 cm³/mol. The van der Waals surface area contributed by atoms with Crippen LogP contribution in [0.15, 0.2) is 17.0 Å². The molecular formula is C14H20FNO3S. The highest BCUT2D eigenvalue weighted by molar-refractivity contribution is 7.90. The van der Waals surface area contributed by atoms with Crippen molar-refractivity contribution in [2.45, 2.75) is 24.2 Å². The number of hydrogen-bond donors (Lipinski definition) is 1. The molecule has 1 aromatic carbocycles. The minimum atomic E-state index is -3.66. The van der Waals surface area contributed by atoms with Crippen molar-refractivity contribution >= 4 is 9.84 Å². The van der Waals surface area contributed by atoms with Gasteiger partial charge in [-0.2, -0.15) is 0 Å². The van der Waals surface area contributed by atoms with Gasteiger partial charge in [-0.25, -0.2) is 12.8 Å². The number of rotatable bonds is 4. The lowest BCUT2D eigenvalue weighted by atomic mass is 9.92. The molecule has 1 aliphatic heterocycles. The van der Waals surface area contributed by atoms with E-state index in [1.807, 2.05) is 0 Å². The third-order valence-corrected chi connectivity index (χ3v) is 4.76. The molecule has 0 aromatic heterocycles. The van der Waals surface area contributed by atoms with Crippen LogP contribution in [0, 0.1) is 11.7 Å². The van der Waals surface area contributed by atoms with E-state index >= 15 is 0 Å². The van der Waals surface area contributed by atoms with Gasteiger partial charge in [-0.15, -0.1) is 0 Å². The predicted octanol–water partition coefficient (Wildman–Crippen LogP) is 1.78. The van der Waals surface area contributed by atoms with Gasteiger partial charge in [0.15, 0.2) is 9.84 Å². The van der Waals surface area contributed by atoms with E-state index in [4.69, 9.17) is 4.74 Å². The van der Waals surface area contributed by atoms with Gasteiger partial charge in [0.2, 0.25) is 0 Å². The maximum Gasteiger partial charge on any atom is 0.182 e. The molecule has 0 amide bonds. The van der Waals surface area contributed by atoms with Crippen molar-refractivity contribution in [1.82, 2.24) is 5.32 Å². The van der Waals surface area contributed by atoms with Gasteiger partial charge in [0.05, 0.1) is 7.11 Å². The Bertz CT molecular complexity index is 580. The summed E-state index contributed by atoms with van der Waals surface area (Å²) in [5, 5.41) is 3.28. The highest BCUT2D eigenvalue weighted by Gasteiger charge is 2.24. The summed E-state index contributed by atoms with van der Waals surface area (Å²) in [7, 11) is -2.31. The largest absolute Gasteiger partial charge is 0.495 e. The second-order valence-corrected chi connectivity index (χ2v) is 7.21. The van der Waals surface area contributed by atoms with Crippen LogP contribution in [0.1, 0.15) is 18.4 Å². The summed E-state index contributed by atoms with van der Waals surface area (Å²) >= 11 is 0. The molecule has 6 heteroatoms. The van der Waals surface area contributed by atoms with Gasteiger partial charge in [0.25, 0.3) is 0 Å². The SMILES string of the molecule is COc1ccc(CC2CCCNC2)c(F)c1S(C)(=O)=O. The van der Waals surface area contributed by atoms with Crippen LogP contribution >= 0.6 is 0 Å². The van der Waals surface area contributed by atoms with E-state index in [1.165, 1.54) is 13.2 Å². The number of halogens is 1. The van der Waals surface area contributed by atoms with E-state index in [9.17, 15) is 12.8 Å². The van der Waals surface area contributed by atoms with Gasteiger partial charge in [-0.05, 0) is 49.9 Å². The highest BCUT2D eigenvalue weighted by atomic mass is 32.2. The summed E-state index contributed by atoms with van der Waals surface area (Å²) < 4.78 is 42.9. The second kappa shape index (κ2) is 6.10. The van der Waals surface area contributed by atoms with Gasteiger partial charge < -0.3 is 10.1 Å². The molecule has 1 N–H and O–H groups in total. The van der Waals surface area contributed by atoms with E-state index in [-0.39, 0.29) is 10.6 Å². The Hall–Kier alpha value is -1.14. The average molecular weight is 301 g/mol. The van der Waals surface area contributed by atoms with Crippen molar-refractivity contribution in [3.05, 3.63) is 23.5 Å². The summed E-state index contributed by atoms with van der Waals surface area (Å²) in [6.07, 6.45) is 3.65. The summed E-state index contributed by atoms with van der Waals surface area (Å²) in [6.45, 7) is 1.84. The third kappa shape index (κ3) is 3.30. The van der Waals surface area contributed by atoms with E-state index in [2.05, 4.69) is 5.32 Å². The fourth-order valence-electron chi connectivity index (χ4n) is 2.65. The molecule has 0 spiro atoms. The lowest BCUT2D eigenvalue weighted by molar-refractivity contribution is 0.367. The lowest BCUT2D eigenvalue weighted by Gasteiger charge is -2.23. The zero-order valence-corrected chi connectivity index (χ0v) is 12.6. The number of benzene rings is 1. The Labute approximate surface area is 119 Å². The first-order valence-corrected chi connectivity index (χ1v) is 8.58. The monoisotopic (exact) mass is 301 g/mol. The van der Waals surface area contributed by atoms with Crippen LogP contribution in [-0.4, -0.2) is 34.9 Å². The molecule has 20 heavy (non-hydrogen) atoms. The first kappa shape index (κ1) is 15.3. The molecule has 0 bridgehead atoms. The summed E-state index contributed by atoms with van der Waals surface area (Å²) in [4.78, 5) is -0.332. The standard InChI is InChI=1S/C14H20FNO3S/c1-19-12-6-5-11(8-10-4-3-7-16-9-10)13(15)14(12)20(2,17)18/h5-6,10,16H,3-4,7-9H2,1-2H3. The molecule has 1 heterocycles. The van der Waals surface area contributed by atoms with Gasteiger partial charge in [-0.1, -0.05) is 6.07 Å². The fraction of sp³-hybridized carbons (Fsp3) is 0.571. The zero-order valence-electron chi connectivity index (χ0n) is 11.8. The van der Waals surface area contributed by atoms with Crippen LogP contribution in [0.4, 0.5) is 4.39 Å². The van der Waals surface area contributed by atoms with Crippen LogP contribution in [0.25, 0.3) is 0 Å². The molecule has 1 aliphatic rings. The summed E-state index contributed by atoms with van der Waals surface area (Å²) in [5.41, 5.74) is 0.444. The summed E-state index contributed by atoms with van der Waals surface area (Å²) in [5.74, 6) is -0.257. The molecule has 1 aromatic rings. The van der Waals surface area contributed by atoms with Gasteiger partial charge in [-0.3, -0.25) is 0 Å². The minimum absolute atomic E-state index is 0.0653. The van der Waals surface area contributed by atoms with Crippen LogP contribution in [0.2, 0.25) is 0 Å². The van der Waals surface area contributed by atoms with Crippen molar-refractivity contribution < 1.29 is 17.5 Å². The number of ether oxygens (including phenoxy) is 1. The number of piperidine rings is 1. The number of nitrogens with one attached hydrogen (secondary N) is 1. The first-order valence-electron chi connectivity index (χ1n) is 6.69. The van der Waals surface area contributed by atoms with E-state index < -0.39 is 15.7 Å². The van der Waals surface area contributed by atoms with E-state index in [1.54, 1.807) is 6.07 Å². The normalized spacial score (nSPS) is 19.9. The van der Waals surface area contributed by atoms with Crippen LogP contribution in [0.5, 0.6) is 5.75 Å². The Balaban J connectivity index is 2.35. The number of methoxy groups -OCH3 is 1. The molecule has 1 unspecified atom stereocenters.